The maximum atomic E-state index is 5.62. The van der Waals surface area contributed by atoms with Crippen molar-refractivity contribution < 1.29 is 0 Å². The molecule has 0 spiro atoms. The minimum Gasteiger partial charge on any atom is -0.315 e. The summed E-state index contributed by atoms with van der Waals surface area (Å²) in [5.74, 6) is 0.839. The van der Waals surface area contributed by atoms with Gasteiger partial charge in [0.15, 0.2) is 0 Å². The zero-order valence-corrected chi connectivity index (χ0v) is 9.69. The lowest BCUT2D eigenvalue weighted by molar-refractivity contribution is 0.140. The average Bonchev–Trinajstić information content (AvgIpc) is 2.62. The molecule has 4 heteroatoms. The lowest BCUT2D eigenvalue weighted by Crippen LogP contribution is -2.44. The van der Waals surface area contributed by atoms with Gasteiger partial charge in [0.25, 0.3) is 0 Å². The number of likely N-dealkylation sites (tertiary alicyclic amines) is 1. The third kappa shape index (κ3) is 2.43. The molecule has 2 atom stereocenters. The molecule has 0 amide bonds. The van der Waals surface area contributed by atoms with Crippen molar-refractivity contribution in [3.05, 3.63) is 10.6 Å². The second-order valence-corrected chi connectivity index (χ2v) is 5.12. The molecule has 2 aliphatic rings. The topological polar surface area (TPSA) is 15.3 Å². The molecular formula is C10H16Cl2N2. The Labute approximate surface area is 95.2 Å². The fourth-order valence-electron chi connectivity index (χ4n) is 2.58. The van der Waals surface area contributed by atoms with E-state index in [0.29, 0.717) is 10.5 Å². The van der Waals surface area contributed by atoms with E-state index in [-0.39, 0.29) is 0 Å². The van der Waals surface area contributed by atoms with Crippen LogP contribution in [0.5, 0.6) is 0 Å². The quantitative estimate of drug-likeness (QED) is 0.787. The first-order valence-corrected chi connectivity index (χ1v) is 5.99. The molecule has 2 unspecified atom stereocenters. The van der Waals surface area contributed by atoms with Crippen molar-refractivity contribution in [3.8, 4) is 0 Å². The van der Waals surface area contributed by atoms with Crippen LogP contribution in [0.2, 0.25) is 0 Å². The molecule has 0 aliphatic carbocycles. The Kier molecular flexibility index (Phi) is 3.72. The summed E-state index contributed by atoms with van der Waals surface area (Å²) in [6.07, 6.45) is 4.56. The van der Waals surface area contributed by atoms with E-state index in [1.165, 1.54) is 25.9 Å². The summed E-state index contributed by atoms with van der Waals surface area (Å²) in [7, 11) is 0. The molecule has 14 heavy (non-hydrogen) atoms. The number of halogens is 2. The SMILES string of the molecule is ClC(Cl)=CCN1CCCC2CNCC21. The summed E-state index contributed by atoms with van der Waals surface area (Å²) < 4.78 is 0.387. The van der Waals surface area contributed by atoms with Crippen LogP contribution < -0.4 is 5.32 Å². The molecular weight excluding hydrogens is 219 g/mol. The number of piperidine rings is 1. The monoisotopic (exact) mass is 234 g/mol. The van der Waals surface area contributed by atoms with E-state index in [1.807, 2.05) is 6.08 Å². The van der Waals surface area contributed by atoms with E-state index < -0.39 is 0 Å². The van der Waals surface area contributed by atoms with E-state index in [0.717, 1.165) is 19.0 Å². The summed E-state index contributed by atoms with van der Waals surface area (Å²) >= 11 is 11.2. The molecule has 0 aromatic carbocycles. The van der Waals surface area contributed by atoms with Gasteiger partial charge < -0.3 is 5.32 Å². The summed E-state index contributed by atoms with van der Waals surface area (Å²) in [5, 5.41) is 3.45. The van der Waals surface area contributed by atoms with E-state index in [9.17, 15) is 0 Å². The number of fused-ring (bicyclic) bond motifs is 1. The Morgan fingerprint density at radius 3 is 3.07 bits per heavy atom. The number of hydrogen-bond donors (Lipinski definition) is 1. The van der Waals surface area contributed by atoms with Crippen LogP contribution >= 0.6 is 23.2 Å². The summed E-state index contributed by atoms with van der Waals surface area (Å²) in [5.41, 5.74) is 0. The van der Waals surface area contributed by atoms with Gasteiger partial charge in [-0.25, -0.2) is 0 Å². The number of nitrogens with one attached hydrogen (secondary N) is 1. The highest BCUT2D eigenvalue weighted by Crippen LogP contribution is 2.26. The van der Waals surface area contributed by atoms with Gasteiger partial charge in [0, 0.05) is 19.1 Å². The van der Waals surface area contributed by atoms with Crippen molar-refractivity contribution >= 4 is 23.2 Å². The van der Waals surface area contributed by atoms with Gasteiger partial charge in [0.1, 0.15) is 4.49 Å². The molecule has 0 aromatic rings. The van der Waals surface area contributed by atoms with Crippen LogP contribution in [0.15, 0.2) is 10.6 Å². The molecule has 2 aliphatic heterocycles. The standard InChI is InChI=1S/C10H16Cl2N2/c11-10(12)3-5-14-4-1-2-8-6-13-7-9(8)14/h3,8-9,13H,1-2,4-7H2. The summed E-state index contributed by atoms with van der Waals surface area (Å²) in [6, 6.07) is 0.702. The number of nitrogens with zero attached hydrogens (tertiary/aromatic N) is 1. The Morgan fingerprint density at radius 2 is 2.29 bits per heavy atom. The normalized spacial score (nSPS) is 32.7. The molecule has 2 heterocycles. The van der Waals surface area contributed by atoms with Gasteiger partial charge in [-0.1, -0.05) is 23.2 Å². The fraction of sp³-hybridized carbons (Fsp3) is 0.800. The number of hydrogen-bond acceptors (Lipinski definition) is 2. The lowest BCUT2D eigenvalue weighted by Gasteiger charge is -2.36. The lowest BCUT2D eigenvalue weighted by atomic mass is 9.92. The van der Waals surface area contributed by atoms with Crippen LogP contribution in [0.4, 0.5) is 0 Å². The second kappa shape index (κ2) is 4.84. The molecule has 80 valence electrons. The Bertz CT molecular complexity index is 226. The fourth-order valence-corrected chi connectivity index (χ4v) is 2.71. The Morgan fingerprint density at radius 1 is 1.43 bits per heavy atom. The maximum absolute atomic E-state index is 5.62. The van der Waals surface area contributed by atoms with Crippen molar-refractivity contribution in [1.29, 1.82) is 0 Å². The largest absolute Gasteiger partial charge is 0.315 e. The first-order chi connectivity index (χ1) is 6.77. The predicted octanol–water partition coefficient (Wildman–Crippen LogP) is 1.99. The predicted molar refractivity (Wildman–Crippen MR) is 60.7 cm³/mol. The first-order valence-electron chi connectivity index (χ1n) is 5.23. The van der Waals surface area contributed by atoms with Crippen LogP contribution in [-0.4, -0.2) is 37.1 Å². The van der Waals surface area contributed by atoms with Crippen molar-refractivity contribution in [2.75, 3.05) is 26.2 Å². The second-order valence-electron chi connectivity index (χ2n) is 4.12. The average molecular weight is 235 g/mol. The van der Waals surface area contributed by atoms with Gasteiger partial charge in [-0.3, -0.25) is 4.90 Å². The third-order valence-corrected chi connectivity index (χ3v) is 3.58. The van der Waals surface area contributed by atoms with Gasteiger partial charge in [-0.05, 0) is 37.9 Å². The van der Waals surface area contributed by atoms with Crippen LogP contribution in [0, 0.1) is 5.92 Å². The van der Waals surface area contributed by atoms with E-state index in [4.69, 9.17) is 23.2 Å². The van der Waals surface area contributed by atoms with Crippen molar-refractivity contribution in [2.24, 2.45) is 5.92 Å². The summed E-state index contributed by atoms with van der Waals surface area (Å²) in [4.78, 5) is 2.49. The van der Waals surface area contributed by atoms with E-state index in [1.54, 1.807) is 0 Å². The van der Waals surface area contributed by atoms with E-state index >= 15 is 0 Å². The molecule has 1 N–H and O–H groups in total. The molecule has 2 saturated heterocycles. The molecule has 2 nitrogen and oxygen atoms in total. The van der Waals surface area contributed by atoms with Crippen molar-refractivity contribution in [1.82, 2.24) is 10.2 Å². The van der Waals surface area contributed by atoms with Crippen LogP contribution in [0.1, 0.15) is 12.8 Å². The van der Waals surface area contributed by atoms with Gasteiger partial charge in [-0.2, -0.15) is 0 Å². The minimum absolute atomic E-state index is 0.387. The Hall–Kier alpha value is 0.240. The first kappa shape index (κ1) is 10.7. The number of rotatable bonds is 2. The molecule has 0 aromatic heterocycles. The van der Waals surface area contributed by atoms with Crippen LogP contribution in [-0.2, 0) is 0 Å². The molecule has 0 saturated carbocycles. The van der Waals surface area contributed by atoms with E-state index in [2.05, 4.69) is 10.2 Å². The molecule has 0 radical (unpaired) electrons. The minimum atomic E-state index is 0.387. The highest BCUT2D eigenvalue weighted by Gasteiger charge is 2.34. The zero-order valence-electron chi connectivity index (χ0n) is 8.18. The molecule has 2 fully saturated rings. The van der Waals surface area contributed by atoms with Gasteiger partial charge in [-0.15, -0.1) is 0 Å². The van der Waals surface area contributed by atoms with Crippen molar-refractivity contribution in [3.63, 3.8) is 0 Å². The highest BCUT2D eigenvalue weighted by molar-refractivity contribution is 6.55. The molecule has 2 rings (SSSR count). The zero-order chi connectivity index (χ0) is 9.97. The van der Waals surface area contributed by atoms with Crippen LogP contribution in [0.25, 0.3) is 0 Å². The Balaban J connectivity index is 1.93. The molecule has 0 bridgehead atoms. The van der Waals surface area contributed by atoms with Gasteiger partial charge in [0.05, 0.1) is 0 Å². The van der Waals surface area contributed by atoms with Gasteiger partial charge >= 0.3 is 0 Å². The highest BCUT2D eigenvalue weighted by atomic mass is 35.5. The maximum Gasteiger partial charge on any atom is 0.104 e. The smallest absolute Gasteiger partial charge is 0.104 e. The summed E-state index contributed by atoms with van der Waals surface area (Å²) in [6.45, 7) is 4.38. The van der Waals surface area contributed by atoms with Crippen LogP contribution in [0.3, 0.4) is 0 Å². The third-order valence-electron chi connectivity index (χ3n) is 3.27. The van der Waals surface area contributed by atoms with Gasteiger partial charge in [0.2, 0.25) is 0 Å². The van der Waals surface area contributed by atoms with Crippen molar-refractivity contribution in [2.45, 2.75) is 18.9 Å².